The second kappa shape index (κ2) is 5.02. The Hall–Kier alpha value is -3.56. The molecular formula is C14H4N4O4S. The van der Waals surface area contributed by atoms with Crippen molar-refractivity contribution >= 4 is 28.3 Å². The number of non-ortho nitro benzene ring substituents is 1. The van der Waals surface area contributed by atoms with E-state index in [1.165, 1.54) is 17.4 Å². The maximum Gasteiger partial charge on any atom is 0.285 e. The molecule has 110 valence electrons. The van der Waals surface area contributed by atoms with E-state index in [0.717, 1.165) is 6.07 Å². The van der Waals surface area contributed by atoms with Crippen molar-refractivity contribution in [2.24, 2.45) is 0 Å². The molecule has 23 heavy (non-hydrogen) atoms. The molecule has 1 aliphatic carbocycles. The molecule has 9 heteroatoms. The highest BCUT2D eigenvalue weighted by molar-refractivity contribution is 7.14. The summed E-state index contributed by atoms with van der Waals surface area (Å²) < 4.78 is 0. The predicted molar refractivity (Wildman–Crippen MR) is 80.3 cm³/mol. The van der Waals surface area contributed by atoms with Gasteiger partial charge in [0.1, 0.15) is 17.7 Å². The summed E-state index contributed by atoms with van der Waals surface area (Å²) in [4.78, 5) is 21.5. The van der Waals surface area contributed by atoms with Crippen LogP contribution in [-0.4, -0.2) is 9.85 Å². The Bertz CT molecular complexity index is 991. The SMILES string of the molecule is N#CC(C#N)=C1c2ccsc2-c2c1cc([N+](=O)[O-])cc2[N+](=O)[O-]. The lowest BCUT2D eigenvalue weighted by Gasteiger charge is -2.03. The van der Waals surface area contributed by atoms with Crippen LogP contribution in [0.1, 0.15) is 11.1 Å². The number of nitrogens with zero attached hydrogens (tertiary/aromatic N) is 4. The molecule has 1 heterocycles. The molecule has 1 aliphatic rings. The van der Waals surface area contributed by atoms with Gasteiger partial charge in [-0.15, -0.1) is 11.3 Å². The quantitative estimate of drug-likeness (QED) is 0.403. The number of nitro benzene ring substituents is 2. The van der Waals surface area contributed by atoms with Gasteiger partial charge in [0, 0.05) is 27.6 Å². The van der Waals surface area contributed by atoms with Crippen molar-refractivity contribution in [3.63, 3.8) is 0 Å². The number of thiophene rings is 1. The lowest BCUT2D eigenvalue weighted by atomic mass is 9.98. The minimum atomic E-state index is -0.740. The zero-order valence-electron chi connectivity index (χ0n) is 11.1. The van der Waals surface area contributed by atoms with Crippen molar-refractivity contribution in [2.45, 2.75) is 0 Å². The lowest BCUT2D eigenvalue weighted by molar-refractivity contribution is -0.393. The molecule has 0 spiro atoms. The Balaban J connectivity index is 2.51. The molecule has 0 radical (unpaired) electrons. The first-order chi connectivity index (χ1) is 11.0. The van der Waals surface area contributed by atoms with E-state index in [9.17, 15) is 20.2 Å². The summed E-state index contributed by atoms with van der Waals surface area (Å²) in [5.41, 5.74) is -0.0196. The Labute approximate surface area is 132 Å². The van der Waals surface area contributed by atoms with E-state index in [-0.39, 0.29) is 22.3 Å². The summed E-state index contributed by atoms with van der Waals surface area (Å²) in [5.74, 6) is 0. The summed E-state index contributed by atoms with van der Waals surface area (Å²) in [7, 11) is 0. The van der Waals surface area contributed by atoms with E-state index < -0.39 is 21.2 Å². The van der Waals surface area contributed by atoms with Gasteiger partial charge in [0.15, 0.2) is 0 Å². The van der Waals surface area contributed by atoms with E-state index in [2.05, 4.69) is 0 Å². The highest BCUT2D eigenvalue weighted by Gasteiger charge is 2.36. The molecule has 0 amide bonds. The minimum Gasteiger partial charge on any atom is -0.258 e. The van der Waals surface area contributed by atoms with Crippen LogP contribution < -0.4 is 0 Å². The molecule has 0 saturated heterocycles. The fraction of sp³-hybridized carbons (Fsp3) is 0. The van der Waals surface area contributed by atoms with E-state index >= 15 is 0 Å². The smallest absolute Gasteiger partial charge is 0.258 e. The van der Waals surface area contributed by atoms with Gasteiger partial charge in [-0.2, -0.15) is 10.5 Å². The zero-order chi connectivity index (χ0) is 16.7. The molecule has 1 aromatic carbocycles. The monoisotopic (exact) mass is 324 g/mol. The molecule has 8 nitrogen and oxygen atoms in total. The molecule has 0 fully saturated rings. The minimum absolute atomic E-state index is 0.172. The van der Waals surface area contributed by atoms with Gasteiger partial charge in [0.25, 0.3) is 11.4 Å². The first-order valence-corrected chi connectivity index (χ1v) is 6.97. The van der Waals surface area contributed by atoms with Gasteiger partial charge in [0.05, 0.1) is 21.5 Å². The van der Waals surface area contributed by atoms with Crippen LogP contribution in [0.5, 0.6) is 0 Å². The van der Waals surface area contributed by atoms with E-state index in [1.54, 1.807) is 23.6 Å². The third kappa shape index (κ3) is 1.96. The van der Waals surface area contributed by atoms with Crippen molar-refractivity contribution in [1.82, 2.24) is 0 Å². The Morgan fingerprint density at radius 3 is 2.35 bits per heavy atom. The van der Waals surface area contributed by atoms with E-state index in [0.29, 0.717) is 10.4 Å². The summed E-state index contributed by atoms with van der Waals surface area (Å²) in [6, 6.07) is 7.19. The van der Waals surface area contributed by atoms with Crippen LogP contribution in [0.25, 0.3) is 16.0 Å². The van der Waals surface area contributed by atoms with Gasteiger partial charge in [0.2, 0.25) is 0 Å². The van der Waals surface area contributed by atoms with Gasteiger partial charge < -0.3 is 0 Å². The Morgan fingerprint density at radius 1 is 1.09 bits per heavy atom. The topological polar surface area (TPSA) is 134 Å². The number of benzene rings is 1. The summed E-state index contributed by atoms with van der Waals surface area (Å²) in [6.07, 6.45) is 0. The largest absolute Gasteiger partial charge is 0.285 e. The van der Waals surface area contributed by atoms with Crippen LogP contribution in [-0.2, 0) is 0 Å². The van der Waals surface area contributed by atoms with Gasteiger partial charge in [-0.3, -0.25) is 20.2 Å². The molecule has 0 saturated carbocycles. The average molecular weight is 324 g/mol. The van der Waals surface area contributed by atoms with Crippen molar-refractivity contribution in [2.75, 3.05) is 0 Å². The van der Waals surface area contributed by atoms with Crippen LogP contribution in [0.15, 0.2) is 29.2 Å². The predicted octanol–water partition coefficient (Wildman–Crippen LogP) is 3.39. The highest BCUT2D eigenvalue weighted by atomic mass is 32.1. The van der Waals surface area contributed by atoms with Crippen LogP contribution in [0, 0.1) is 42.9 Å². The van der Waals surface area contributed by atoms with Crippen molar-refractivity contribution in [3.05, 3.63) is 60.5 Å². The van der Waals surface area contributed by atoms with E-state index in [1.807, 2.05) is 0 Å². The van der Waals surface area contributed by atoms with Gasteiger partial charge in [-0.05, 0) is 11.4 Å². The van der Waals surface area contributed by atoms with Crippen LogP contribution in [0.2, 0.25) is 0 Å². The van der Waals surface area contributed by atoms with E-state index in [4.69, 9.17) is 10.5 Å². The molecule has 0 bridgehead atoms. The van der Waals surface area contributed by atoms with Crippen LogP contribution in [0.3, 0.4) is 0 Å². The van der Waals surface area contributed by atoms with Crippen molar-refractivity contribution < 1.29 is 9.85 Å². The first-order valence-electron chi connectivity index (χ1n) is 6.09. The number of rotatable bonds is 2. The molecule has 0 N–H and O–H groups in total. The lowest BCUT2D eigenvalue weighted by Crippen LogP contribution is -1.97. The fourth-order valence-electron chi connectivity index (χ4n) is 2.55. The molecule has 0 atom stereocenters. The van der Waals surface area contributed by atoms with Gasteiger partial charge in [-0.25, -0.2) is 0 Å². The highest BCUT2D eigenvalue weighted by Crippen LogP contribution is 2.53. The number of allylic oxidation sites excluding steroid dienone is 1. The molecule has 3 rings (SSSR count). The maximum absolute atomic E-state index is 11.3. The second-order valence-electron chi connectivity index (χ2n) is 4.54. The zero-order valence-corrected chi connectivity index (χ0v) is 12.0. The molecule has 2 aromatic rings. The number of nitriles is 2. The van der Waals surface area contributed by atoms with Gasteiger partial charge in [-0.1, -0.05) is 0 Å². The molecule has 0 aliphatic heterocycles. The van der Waals surface area contributed by atoms with Crippen LogP contribution in [0.4, 0.5) is 11.4 Å². The van der Waals surface area contributed by atoms with Gasteiger partial charge >= 0.3 is 0 Å². The molecule has 1 aromatic heterocycles. The Kier molecular flexibility index (Phi) is 3.14. The Morgan fingerprint density at radius 2 is 1.78 bits per heavy atom. The summed E-state index contributed by atoms with van der Waals surface area (Å²) in [5, 5.41) is 42.3. The third-order valence-corrected chi connectivity index (χ3v) is 4.35. The van der Waals surface area contributed by atoms with Crippen molar-refractivity contribution in [3.8, 4) is 22.6 Å². The number of hydrogen-bond acceptors (Lipinski definition) is 7. The second-order valence-corrected chi connectivity index (χ2v) is 5.45. The summed E-state index contributed by atoms with van der Waals surface area (Å²) in [6.45, 7) is 0. The standard InChI is InChI=1S/C14H4N4O4S/c15-5-7(6-16)12-9-1-2-23-14(9)13-10(12)3-8(17(19)20)4-11(13)18(21)22/h1-4H. The number of hydrogen-bond donors (Lipinski definition) is 0. The molecular weight excluding hydrogens is 320 g/mol. The first kappa shape index (κ1) is 14.4. The van der Waals surface area contributed by atoms with Crippen LogP contribution >= 0.6 is 11.3 Å². The fourth-order valence-corrected chi connectivity index (χ4v) is 3.52. The average Bonchev–Trinajstić information content (AvgIpc) is 3.09. The maximum atomic E-state index is 11.3. The third-order valence-electron chi connectivity index (χ3n) is 3.41. The normalized spacial score (nSPS) is 11.1. The molecule has 0 unspecified atom stereocenters. The number of nitro groups is 2. The van der Waals surface area contributed by atoms with Crippen molar-refractivity contribution in [1.29, 1.82) is 10.5 Å². The summed E-state index contributed by atoms with van der Waals surface area (Å²) >= 11 is 1.22. The number of fused-ring (bicyclic) bond motifs is 3.